The molecule has 1 N–H and O–H groups in total. The highest BCUT2D eigenvalue weighted by Crippen LogP contribution is 2.06. The lowest BCUT2D eigenvalue weighted by molar-refractivity contribution is 0.0953. The lowest BCUT2D eigenvalue weighted by atomic mass is 10.2. The molecule has 2 nitrogen and oxygen atoms in total. The van der Waals surface area contributed by atoms with Gasteiger partial charge >= 0.3 is 0 Å². The van der Waals surface area contributed by atoms with Crippen LogP contribution in [0.4, 0.5) is 0 Å². The largest absolute Gasteiger partial charge is 0.352 e. The van der Waals surface area contributed by atoms with Gasteiger partial charge in [0.2, 0.25) is 0 Å². The summed E-state index contributed by atoms with van der Waals surface area (Å²) in [6.45, 7) is 2.78. The third kappa shape index (κ3) is 3.34. The number of carbonyl (C=O) groups excluding carboxylic acids is 1. The van der Waals surface area contributed by atoms with Crippen molar-refractivity contribution in [1.29, 1.82) is 0 Å². The van der Waals surface area contributed by atoms with Crippen LogP contribution in [-0.4, -0.2) is 12.5 Å². The molecule has 0 aliphatic carbocycles. The van der Waals surface area contributed by atoms with Gasteiger partial charge in [-0.05, 0) is 53.3 Å². The van der Waals surface area contributed by atoms with Crippen molar-refractivity contribution >= 4 is 28.5 Å². The van der Waals surface area contributed by atoms with E-state index in [9.17, 15) is 4.79 Å². The molecule has 0 radical (unpaired) electrons. The smallest absolute Gasteiger partial charge is 0.251 e. The molecule has 3 heteroatoms. The van der Waals surface area contributed by atoms with Crippen LogP contribution in [0, 0.1) is 3.57 Å². The summed E-state index contributed by atoms with van der Waals surface area (Å²) in [5, 5.41) is 2.83. The Bertz CT molecular complexity index is 281. The van der Waals surface area contributed by atoms with Crippen molar-refractivity contribution in [3.8, 4) is 0 Å². The molecule has 0 aliphatic rings. The van der Waals surface area contributed by atoms with Crippen LogP contribution >= 0.6 is 22.6 Å². The van der Waals surface area contributed by atoms with Crippen LogP contribution < -0.4 is 5.32 Å². The summed E-state index contributed by atoms with van der Waals surface area (Å²) in [4.78, 5) is 11.4. The summed E-state index contributed by atoms with van der Waals surface area (Å²) in [7, 11) is 0. The van der Waals surface area contributed by atoms with Gasteiger partial charge in [0.1, 0.15) is 0 Å². The zero-order valence-corrected chi connectivity index (χ0v) is 9.67. The highest BCUT2D eigenvalue weighted by Gasteiger charge is 2.02. The topological polar surface area (TPSA) is 29.1 Å². The maximum absolute atomic E-state index is 11.4. The van der Waals surface area contributed by atoms with E-state index in [0.717, 1.165) is 22.1 Å². The second-order valence-corrected chi connectivity index (χ2v) is 4.01. The predicted octanol–water partition coefficient (Wildman–Crippen LogP) is 2.43. The molecule has 0 bridgehead atoms. The normalized spacial score (nSPS) is 9.69. The van der Waals surface area contributed by atoms with E-state index in [2.05, 4.69) is 27.9 Å². The standard InChI is InChI=1S/C10H12INO/c1-2-7-12-10(13)8-3-5-9(11)6-4-8/h3-6H,2,7H2,1H3,(H,12,13). The van der Waals surface area contributed by atoms with E-state index >= 15 is 0 Å². The van der Waals surface area contributed by atoms with Crippen LogP contribution in [0.25, 0.3) is 0 Å². The minimum Gasteiger partial charge on any atom is -0.352 e. The zero-order valence-electron chi connectivity index (χ0n) is 7.51. The Labute approximate surface area is 91.9 Å². The van der Waals surface area contributed by atoms with E-state index < -0.39 is 0 Å². The van der Waals surface area contributed by atoms with E-state index in [0.29, 0.717) is 0 Å². The highest BCUT2D eigenvalue weighted by molar-refractivity contribution is 14.1. The van der Waals surface area contributed by atoms with Crippen molar-refractivity contribution < 1.29 is 4.79 Å². The second-order valence-electron chi connectivity index (χ2n) is 2.76. The zero-order chi connectivity index (χ0) is 9.68. The molecule has 0 unspecified atom stereocenters. The van der Waals surface area contributed by atoms with Crippen molar-refractivity contribution in [3.63, 3.8) is 0 Å². The van der Waals surface area contributed by atoms with Gasteiger partial charge in [0.05, 0.1) is 0 Å². The minimum absolute atomic E-state index is 0.0123. The maximum Gasteiger partial charge on any atom is 0.251 e. The molecule has 0 fully saturated rings. The molecule has 0 saturated heterocycles. The molecule has 0 saturated carbocycles. The average Bonchev–Trinajstić information content (AvgIpc) is 2.15. The van der Waals surface area contributed by atoms with E-state index in [1.807, 2.05) is 31.2 Å². The molecular formula is C10H12INO. The van der Waals surface area contributed by atoms with Gasteiger partial charge in [0.15, 0.2) is 0 Å². The minimum atomic E-state index is 0.0123. The monoisotopic (exact) mass is 289 g/mol. The summed E-state index contributed by atoms with van der Waals surface area (Å²) in [6, 6.07) is 7.54. The lowest BCUT2D eigenvalue weighted by Crippen LogP contribution is -2.23. The molecule has 1 rings (SSSR count). The number of halogens is 1. The Morgan fingerprint density at radius 3 is 2.54 bits per heavy atom. The van der Waals surface area contributed by atoms with E-state index in [4.69, 9.17) is 0 Å². The van der Waals surface area contributed by atoms with Gasteiger partial charge in [-0.15, -0.1) is 0 Å². The molecule has 0 spiro atoms. The Morgan fingerprint density at radius 2 is 2.00 bits per heavy atom. The fourth-order valence-corrected chi connectivity index (χ4v) is 1.30. The first-order valence-electron chi connectivity index (χ1n) is 4.28. The number of nitrogens with one attached hydrogen (secondary N) is 1. The Balaban J connectivity index is 2.61. The highest BCUT2D eigenvalue weighted by atomic mass is 127. The average molecular weight is 289 g/mol. The summed E-state index contributed by atoms with van der Waals surface area (Å²) < 4.78 is 1.14. The predicted molar refractivity (Wildman–Crippen MR) is 61.8 cm³/mol. The summed E-state index contributed by atoms with van der Waals surface area (Å²) in [5.41, 5.74) is 0.730. The molecule has 1 amide bonds. The lowest BCUT2D eigenvalue weighted by Gasteiger charge is -2.02. The summed E-state index contributed by atoms with van der Waals surface area (Å²) in [5.74, 6) is 0.0123. The second kappa shape index (κ2) is 5.21. The van der Waals surface area contributed by atoms with Gasteiger partial charge in [0, 0.05) is 15.7 Å². The van der Waals surface area contributed by atoms with Crippen LogP contribution in [-0.2, 0) is 0 Å². The van der Waals surface area contributed by atoms with E-state index in [1.54, 1.807) is 0 Å². The molecule has 1 aromatic carbocycles. The first-order chi connectivity index (χ1) is 6.24. The van der Waals surface area contributed by atoms with Crippen LogP contribution in [0.5, 0.6) is 0 Å². The number of hydrogen-bond acceptors (Lipinski definition) is 1. The van der Waals surface area contributed by atoms with E-state index in [-0.39, 0.29) is 5.91 Å². The number of benzene rings is 1. The third-order valence-corrected chi connectivity index (χ3v) is 2.36. The summed E-state index contributed by atoms with van der Waals surface area (Å²) in [6.07, 6.45) is 0.968. The number of carbonyl (C=O) groups is 1. The third-order valence-electron chi connectivity index (χ3n) is 1.64. The molecular weight excluding hydrogens is 277 g/mol. The fourth-order valence-electron chi connectivity index (χ4n) is 0.942. The van der Waals surface area contributed by atoms with Crippen molar-refractivity contribution in [1.82, 2.24) is 5.32 Å². The van der Waals surface area contributed by atoms with Crippen molar-refractivity contribution in [3.05, 3.63) is 33.4 Å². The molecule has 0 atom stereocenters. The van der Waals surface area contributed by atoms with E-state index in [1.165, 1.54) is 0 Å². The molecule has 1 aromatic rings. The first kappa shape index (κ1) is 10.5. The van der Waals surface area contributed by atoms with Crippen molar-refractivity contribution in [2.45, 2.75) is 13.3 Å². The first-order valence-corrected chi connectivity index (χ1v) is 5.35. The Kier molecular flexibility index (Phi) is 4.21. The number of hydrogen-bond donors (Lipinski definition) is 1. The van der Waals surface area contributed by atoms with Crippen LogP contribution in [0.15, 0.2) is 24.3 Å². The molecule has 0 aliphatic heterocycles. The van der Waals surface area contributed by atoms with Crippen molar-refractivity contribution in [2.24, 2.45) is 0 Å². The van der Waals surface area contributed by atoms with Gasteiger partial charge in [-0.3, -0.25) is 4.79 Å². The maximum atomic E-state index is 11.4. The molecule has 70 valence electrons. The van der Waals surface area contributed by atoms with Crippen LogP contribution in [0.2, 0.25) is 0 Å². The fraction of sp³-hybridized carbons (Fsp3) is 0.300. The van der Waals surface area contributed by atoms with Gasteiger partial charge < -0.3 is 5.32 Å². The van der Waals surface area contributed by atoms with Gasteiger partial charge in [0.25, 0.3) is 5.91 Å². The Morgan fingerprint density at radius 1 is 1.38 bits per heavy atom. The van der Waals surface area contributed by atoms with Crippen molar-refractivity contribution in [2.75, 3.05) is 6.54 Å². The van der Waals surface area contributed by atoms with Gasteiger partial charge in [-0.25, -0.2) is 0 Å². The summed E-state index contributed by atoms with van der Waals surface area (Å²) >= 11 is 2.22. The van der Waals surface area contributed by atoms with Crippen LogP contribution in [0.1, 0.15) is 23.7 Å². The van der Waals surface area contributed by atoms with Gasteiger partial charge in [-0.1, -0.05) is 6.92 Å². The molecule has 0 heterocycles. The van der Waals surface area contributed by atoms with Crippen LogP contribution in [0.3, 0.4) is 0 Å². The number of amides is 1. The molecule has 0 aromatic heterocycles. The molecule has 13 heavy (non-hydrogen) atoms. The van der Waals surface area contributed by atoms with Gasteiger partial charge in [-0.2, -0.15) is 0 Å². The quantitative estimate of drug-likeness (QED) is 0.851. The number of rotatable bonds is 3. The SMILES string of the molecule is CCCNC(=O)c1ccc(I)cc1. The Hall–Kier alpha value is -0.580.